The highest BCUT2D eigenvalue weighted by molar-refractivity contribution is 9.10. The van der Waals surface area contributed by atoms with Gasteiger partial charge in [0.25, 0.3) is 0 Å². The zero-order valence-corrected chi connectivity index (χ0v) is 12.7. The van der Waals surface area contributed by atoms with Crippen molar-refractivity contribution in [3.63, 3.8) is 0 Å². The fourth-order valence-electron chi connectivity index (χ4n) is 1.95. The number of aromatic carboxylic acids is 1. The number of rotatable bonds is 5. The Morgan fingerprint density at radius 2 is 2.15 bits per heavy atom. The van der Waals surface area contributed by atoms with Crippen molar-refractivity contribution in [1.82, 2.24) is 4.98 Å². The van der Waals surface area contributed by atoms with E-state index in [4.69, 9.17) is 5.11 Å². The van der Waals surface area contributed by atoms with Gasteiger partial charge in [-0.05, 0) is 37.3 Å². The normalized spacial score (nSPS) is 10.3. The lowest BCUT2D eigenvalue weighted by Gasteiger charge is -2.23. The molecule has 1 N–H and O–H groups in total. The monoisotopic (exact) mass is 334 g/mol. The molecule has 0 aliphatic rings. The van der Waals surface area contributed by atoms with E-state index < -0.39 is 5.97 Å². The van der Waals surface area contributed by atoms with Crippen LogP contribution in [0.1, 0.15) is 23.0 Å². The van der Waals surface area contributed by atoms with Gasteiger partial charge in [0.2, 0.25) is 0 Å². The number of carboxylic acids is 1. The second-order valence-electron chi connectivity index (χ2n) is 4.34. The van der Waals surface area contributed by atoms with Crippen molar-refractivity contribution >= 4 is 27.6 Å². The Morgan fingerprint density at radius 1 is 1.35 bits per heavy atom. The van der Waals surface area contributed by atoms with Crippen LogP contribution in [0.2, 0.25) is 0 Å². The van der Waals surface area contributed by atoms with Crippen molar-refractivity contribution in [1.29, 1.82) is 0 Å². The Hall–Kier alpha value is -1.88. The number of hydrogen-bond acceptors (Lipinski definition) is 3. The van der Waals surface area contributed by atoms with Gasteiger partial charge in [-0.1, -0.05) is 22.0 Å². The van der Waals surface area contributed by atoms with Crippen LogP contribution in [-0.4, -0.2) is 22.6 Å². The molecule has 0 atom stereocenters. The van der Waals surface area contributed by atoms with Gasteiger partial charge >= 0.3 is 5.97 Å². The average Bonchev–Trinajstić information content (AvgIpc) is 2.45. The van der Waals surface area contributed by atoms with E-state index in [1.165, 1.54) is 0 Å². The lowest BCUT2D eigenvalue weighted by Crippen LogP contribution is -2.22. The smallest absolute Gasteiger partial charge is 0.335 e. The maximum atomic E-state index is 11.1. The standard InChI is InChI=1S/C15H15BrN2O2/c1-2-18(10-13-5-3-4-6-17-13)14-8-11(15(19)20)7-12(16)9-14/h3-9H,2,10H2,1H3,(H,19,20). The number of carboxylic acid groups (broad SMARTS) is 1. The Morgan fingerprint density at radius 3 is 2.75 bits per heavy atom. The molecular formula is C15H15BrN2O2. The van der Waals surface area contributed by atoms with Gasteiger partial charge in [0.1, 0.15) is 0 Å². The van der Waals surface area contributed by atoms with Crippen LogP contribution in [0.25, 0.3) is 0 Å². The maximum Gasteiger partial charge on any atom is 0.335 e. The number of benzene rings is 1. The summed E-state index contributed by atoms with van der Waals surface area (Å²) in [5.74, 6) is -0.929. The summed E-state index contributed by atoms with van der Waals surface area (Å²) in [5.41, 5.74) is 2.09. The van der Waals surface area contributed by atoms with Crippen molar-refractivity contribution in [2.75, 3.05) is 11.4 Å². The summed E-state index contributed by atoms with van der Waals surface area (Å²) in [6, 6.07) is 11.0. The molecule has 0 aliphatic heterocycles. The minimum Gasteiger partial charge on any atom is -0.478 e. The summed E-state index contributed by atoms with van der Waals surface area (Å²) in [7, 11) is 0. The minimum atomic E-state index is -0.929. The van der Waals surface area contributed by atoms with Crippen molar-refractivity contribution in [3.8, 4) is 0 Å². The number of halogens is 1. The van der Waals surface area contributed by atoms with Gasteiger partial charge in [-0.25, -0.2) is 4.79 Å². The molecule has 0 unspecified atom stereocenters. The second kappa shape index (κ2) is 6.52. The van der Waals surface area contributed by atoms with Crippen LogP contribution in [0, 0.1) is 0 Å². The molecule has 104 valence electrons. The first kappa shape index (κ1) is 14.5. The summed E-state index contributed by atoms with van der Waals surface area (Å²) < 4.78 is 0.756. The van der Waals surface area contributed by atoms with Gasteiger partial charge in [-0.3, -0.25) is 4.98 Å². The molecule has 1 aromatic heterocycles. The molecule has 0 saturated carbocycles. The van der Waals surface area contributed by atoms with Crippen molar-refractivity contribution in [2.24, 2.45) is 0 Å². The van der Waals surface area contributed by atoms with E-state index in [0.29, 0.717) is 6.54 Å². The van der Waals surface area contributed by atoms with E-state index in [1.54, 1.807) is 18.3 Å². The zero-order chi connectivity index (χ0) is 14.5. The van der Waals surface area contributed by atoms with Crippen LogP contribution in [0.3, 0.4) is 0 Å². The molecule has 1 aromatic carbocycles. The molecule has 0 fully saturated rings. The highest BCUT2D eigenvalue weighted by Gasteiger charge is 2.11. The molecule has 5 heteroatoms. The molecule has 4 nitrogen and oxygen atoms in total. The van der Waals surface area contributed by atoms with Crippen molar-refractivity contribution < 1.29 is 9.90 Å². The zero-order valence-electron chi connectivity index (χ0n) is 11.1. The number of pyridine rings is 1. The molecule has 0 saturated heterocycles. The topological polar surface area (TPSA) is 53.4 Å². The Balaban J connectivity index is 2.29. The summed E-state index contributed by atoms with van der Waals surface area (Å²) in [4.78, 5) is 17.5. The number of anilines is 1. The highest BCUT2D eigenvalue weighted by atomic mass is 79.9. The molecular weight excluding hydrogens is 320 g/mol. The second-order valence-corrected chi connectivity index (χ2v) is 5.25. The Labute approximate surface area is 126 Å². The predicted octanol–water partition coefficient (Wildman–Crippen LogP) is 3.57. The van der Waals surface area contributed by atoms with E-state index in [2.05, 4.69) is 25.8 Å². The third-order valence-corrected chi connectivity index (χ3v) is 3.41. The molecule has 0 bridgehead atoms. The molecule has 20 heavy (non-hydrogen) atoms. The minimum absolute atomic E-state index is 0.272. The van der Waals surface area contributed by atoms with Crippen molar-refractivity contribution in [3.05, 3.63) is 58.3 Å². The fourth-order valence-corrected chi connectivity index (χ4v) is 2.43. The Kier molecular flexibility index (Phi) is 4.74. The molecule has 1 heterocycles. The van der Waals surface area contributed by atoms with Crippen LogP contribution < -0.4 is 4.90 Å². The summed E-state index contributed by atoms with van der Waals surface area (Å²) >= 11 is 3.36. The van der Waals surface area contributed by atoms with Crippen LogP contribution in [0.15, 0.2) is 47.1 Å². The van der Waals surface area contributed by atoms with E-state index >= 15 is 0 Å². The van der Waals surface area contributed by atoms with Crippen LogP contribution in [0.4, 0.5) is 5.69 Å². The van der Waals surface area contributed by atoms with Gasteiger partial charge in [-0.2, -0.15) is 0 Å². The molecule has 2 rings (SSSR count). The SMILES string of the molecule is CCN(Cc1ccccn1)c1cc(Br)cc(C(=O)O)c1. The first-order chi connectivity index (χ1) is 9.60. The fraction of sp³-hybridized carbons (Fsp3) is 0.200. The first-order valence-electron chi connectivity index (χ1n) is 6.29. The molecule has 0 radical (unpaired) electrons. The van der Waals surface area contributed by atoms with E-state index in [-0.39, 0.29) is 5.56 Å². The summed E-state index contributed by atoms with van der Waals surface area (Å²) in [6.07, 6.45) is 1.76. The molecule has 0 spiro atoms. The predicted molar refractivity (Wildman–Crippen MR) is 82.1 cm³/mol. The average molecular weight is 335 g/mol. The van der Waals surface area contributed by atoms with Gasteiger partial charge in [0.05, 0.1) is 17.8 Å². The van der Waals surface area contributed by atoms with Gasteiger partial charge in [-0.15, -0.1) is 0 Å². The van der Waals surface area contributed by atoms with Crippen molar-refractivity contribution in [2.45, 2.75) is 13.5 Å². The quantitative estimate of drug-likeness (QED) is 0.908. The largest absolute Gasteiger partial charge is 0.478 e. The van der Waals surface area contributed by atoms with E-state index in [1.807, 2.05) is 31.2 Å². The number of nitrogens with zero attached hydrogens (tertiary/aromatic N) is 2. The van der Waals surface area contributed by atoms with Crippen LogP contribution in [0.5, 0.6) is 0 Å². The first-order valence-corrected chi connectivity index (χ1v) is 7.08. The van der Waals surface area contributed by atoms with E-state index in [0.717, 1.165) is 22.4 Å². The summed E-state index contributed by atoms with van der Waals surface area (Å²) in [5, 5.41) is 9.13. The van der Waals surface area contributed by atoms with Crippen LogP contribution in [-0.2, 0) is 6.54 Å². The van der Waals surface area contributed by atoms with Crippen LogP contribution >= 0.6 is 15.9 Å². The summed E-state index contributed by atoms with van der Waals surface area (Å²) in [6.45, 7) is 3.45. The molecule has 0 amide bonds. The highest BCUT2D eigenvalue weighted by Crippen LogP contribution is 2.24. The van der Waals surface area contributed by atoms with E-state index in [9.17, 15) is 4.79 Å². The lowest BCUT2D eigenvalue weighted by molar-refractivity contribution is 0.0697. The molecule has 2 aromatic rings. The molecule has 0 aliphatic carbocycles. The third-order valence-electron chi connectivity index (χ3n) is 2.96. The number of hydrogen-bond donors (Lipinski definition) is 1. The third kappa shape index (κ3) is 3.57. The number of carbonyl (C=O) groups is 1. The Bertz CT molecular complexity index is 602. The van der Waals surface area contributed by atoms with Gasteiger partial charge in [0, 0.05) is 22.9 Å². The van der Waals surface area contributed by atoms with Gasteiger partial charge < -0.3 is 10.0 Å². The lowest BCUT2D eigenvalue weighted by atomic mass is 10.2. The number of aromatic nitrogens is 1. The maximum absolute atomic E-state index is 11.1. The van der Waals surface area contributed by atoms with Gasteiger partial charge in [0.15, 0.2) is 0 Å².